The van der Waals surface area contributed by atoms with E-state index in [0.29, 0.717) is 18.7 Å². The molecule has 6 nitrogen and oxygen atoms in total. The topological polar surface area (TPSA) is 71.6 Å². The van der Waals surface area contributed by atoms with Gasteiger partial charge in [-0.05, 0) is 123 Å². The van der Waals surface area contributed by atoms with Gasteiger partial charge in [0.2, 0.25) is 0 Å². The highest BCUT2D eigenvalue weighted by atomic mass is 16.6. The minimum Gasteiger partial charge on any atom is -0.455 e. The molecule has 0 heterocycles. The minimum atomic E-state index is -0.514. The van der Waals surface area contributed by atoms with Crippen LogP contribution in [-0.2, 0) is 14.3 Å². The summed E-state index contributed by atoms with van der Waals surface area (Å²) in [7, 11) is 0. The van der Waals surface area contributed by atoms with Gasteiger partial charge in [0, 0.05) is 45.3 Å². The van der Waals surface area contributed by atoms with Gasteiger partial charge in [-0.1, -0.05) is 116 Å². The Hall–Kier alpha value is -6.11. The number of fused-ring (bicyclic) bond motifs is 1. The molecule has 0 radical (unpaired) electrons. The molecule has 0 aromatic heterocycles. The van der Waals surface area contributed by atoms with Gasteiger partial charge < -0.3 is 25.4 Å². The summed E-state index contributed by atoms with van der Waals surface area (Å²) >= 11 is 0. The Kier molecular flexibility index (Phi) is 15.3. The van der Waals surface area contributed by atoms with Crippen molar-refractivity contribution in [3.8, 4) is 0 Å². The molecule has 6 rings (SSSR count). The maximum Gasteiger partial charge on any atom is 0.333 e. The fraction of sp³-hybridized carbons (Fsp3) is 0.264. The number of nitrogens with one attached hydrogen (secondary N) is 3. The van der Waals surface area contributed by atoms with Gasteiger partial charge >= 0.3 is 5.97 Å². The summed E-state index contributed by atoms with van der Waals surface area (Å²) in [6.07, 6.45) is 1.17. The molecule has 6 aromatic rings. The number of carbonyl (C=O) groups excluding carboxylic acids is 1. The molecule has 1 atom stereocenters. The lowest BCUT2D eigenvalue weighted by atomic mass is 9.82. The summed E-state index contributed by atoms with van der Waals surface area (Å²) in [5.41, 5.74) is 16.6. The van der Waals surface area contributed by atoms with E-state index >= 15 is 0 Å². The molecule has 3 N–H and O–H groups in total. The monoisotopic (exact) mass is 787 g/mol. The van der Waals surface area contributed by atoms with Crippen molar-refractivity contribution in [3.05, 3.63) is 184 Å². The molecule has 6 heteroatoms. The van der Waals surface area contributed by atoms with Crippen LogP contribution in [0.25, 0.3) is 10.8 Å². The quantitative estimate of drug-likeness (QED) is 0.0298. The van der Waals surface area contributed by atoms with Crippen molar-refractivity contribution in [2.24, 2.45) is 0 Å². The average Bonchev–Trinajstić information content (AvgIpc) is 3.22. The van der Waals surface area contributed by atoms with Gasteiger partial charge in [-0.3, -0.25) is 0 Å². The lowest BCUT2D eigenvalue weighted by Gasteiger charge is -2.24. The third-order valence-electron chi connectivity index (χ3n) is 10.3. The van der Waals surface area contributed by atoms with Gasteiger partial charge in [-0.25, -0.2) is 4.79 Å². The van der Waals surface area contributed by atoms with Gasteiger partial charge in [0.05, 0.1) is 19.8 Å². The number of rotatable bonds is 16. The first-order chi connectivity index (χ1) is 28.4. The summed E-state index contributed by atoms with van der Waals surface area (Å²) in [6, 6.07) is 39.4. The van der Waals surface area contributed by atoms with Crippen molar-refractivity contribution >= 4 is 45.2 Å². The van der Waals surface area contributed by atoms with Crippen molar-refractivity contribution in [3.63, 3.8) is 0 Å². The summed E-state index contributed by atoms with van der Waals surface area (Å²) in [4.78, 5) is 12.5. The number of aryl methyl sites for hydroxylation is 6. The van der Waals surface area contributed by atoms with Crippen LogP contribution >= 0.6 is 0 Å². The molecule has 0 saturated carbocycles. The first kappa shape index (κ1) is 44.0. The molecule has 0 spiro atoms. The average molecular weight is 788 g/mol. The Bertz CT molecular complexity index is 2250. The number of hydrogen-bond acceptors (Lipinski definition) is 6. The zero-order valence-corrected chi connectivity index (χ0v) is 36.4. The van der Waals surface area contributed by atoms with E-state index in [1.165, 1.54) is 50.1 Å². The second-order valence-electron chi connectivity index (χ2n) is 15.2. The van der Waals surface area contributed by atoms with Crippen LogP contribution in [0, 0.1) is 41.5 Å². The number of hydrogen-bond donors (Lipinski definition) is 3. The van der Waals surface area contributed by atoms with Crippen molar-refractivity contribution < 1.29 is 14.3 Å². The van der Waals surface area contributed by atoms with Crippen LogP contribution in [0.4, 0.5) is 28.4 Å². The number of esters is 1. The van der Waals surface area contributed by atoms with Crippen LogP contribution in [0.1, 0.15) is 76.8 Å². The zero-order valence-electron chi connectivity index (χ0n) is 36.4. The van der Waals surface area contributed by atoms with Crippen LogP contribution in [0.15, 0.2) is 134 Å². The van der Waals surface area contributed by atoms with Gasteiger partial charge in [0.25, 0.3) is 0 Å². The van der Waals surface area contributed by atoms with Crippen LogP contribution in [-0.4, -0.2) is 31.8 Å². The van der Waals surface area contributed by atoms with E-state index in [2.05, 4.69) is 180 Å². The predicted octanol–water partition coefficient (Wildman–Crippen LogP) is 13.5. The van der Waals surface area contributed by atoms with E-state index in [9.17, 15) is 4.79 Å². The van der Waals surface area contributed by atoms with Crippen LogP contribution in [0.3, 0.4) is 0 Å². The number of carbonyl (C=O) groups is 1. The fourth-order valence-electron chi connectivity index (χ4n) is 7.73. The lowest BCUT2D eigenvalue weighted by Crippen LogP contribution is -2.31. The largest absolute Gasteiger partial charge is 0.455 e. The number of ether oxygens (including phenoxy) is 2. The van der Waals surface area contributed by atoms with Gasteiger partial charge in [-0.2, -0.15) is 0 Å². The second-order valence-corrected chi connectivity index (χ2v) is 15.2. The fourth-order valence-corrected chi connectivity index (χ4v) is 7.73. The molecule has 0 aliphatic heterocycles. The van der Waals surface area contributed by atoms with Crippen LogP contribution in [0.5, 0.6) is 0 Å². The Labute approximate surface area is 352 Å². The van der Waals surface area contributed by atoms with Crippen molar-refractivity contribution in [1.82, 2.24) is 0 Å². The third-order valence-corrected chi connectivity index (χ3v) is 10.3. The SMILES string of the molecule is C=CCOCC(CNc1ccc(C(c2ccc(Nc3c(C)cc(C)cc3C)cc2)c2ccc(Nc3c(C)cc(C)cc3C)cc2)c2ccccc12)OC(=O)C(=C)C.CC. The lowest BCUT2D eigenvalue weighted by molar-refractivity contribution is -0.146. The highest BCUT2D eigenvalue weighted by molar-refractivity contribution is 5.97. The normalized spacial score (nSPS) is 11.4. The van der Waals surface area contributed by atoms with Crippen LogP contribution in [0.2, 0.25) is 0 Å². The molecule has 0 bridgehead atoms. The number of anilines is 5. The molecular formula is C53H61N3O3. The Morgan fingerprint density at radius 3 is 1.61 bits per heavy atom. The molecule has 0 amide bonds. The number of benzene rings is 6. The third kappa shape index (κ3) is 11.1. The Balaban J connectivity index is 0.00000326. The molecule has 306 valence electrons. The maximum absolute atomic E-state index is 12.5. The van der Waals surface area contributed by atoms with Gasteiger partial charge in [-0.15, -0.1) is 6.58 Å². The summed E-state index contributed by atoms with van der Waals surface area (Å²) in [5, 5.41) is 13.1. The first-order valence-corrected chi connectivity index (χ1v) is 20.6. The van der Waals surface area contributed by atoms with E-state index in [1.807, 2.05) is 13.8 Å². The highest BCUT2D eigenvalue weighted by Crippen LogP contribution is 2.40. The molecule has 6 aromatic carbocycles. The second kappa shape index (κ2) is 20.5. The van der Waals surface area contributed by atoms with E-state index in [4.69, 9.17) is 9.47 Å². The molecule has 1 unspecified atom stereocenters. The smallest absolute Gasteiger partial charge is 0.333 e. The van der Waals surface area contributed by atoms with E-state index in [-0.39, 0.29) is 12.5 Å². The van der Waals surface area contributed by atoms with Crippen molar-refractivity contribution in [2.75, 3.05) is 35.7 Å². The highest BCUT2D eigenvalue weighted by Gasteiger charge is 2.22. The molecule has 0 aliphatic carbocycles. The molecule has 0 saturated heterocycles. The Morgan fingerprint density at radius 2 is 1.15 bits per heavy atom. The van der Waals surface area contributed by atoms with Gasteiger partial charge in [0.1, 0.15) is 6.10 Å². The molecule has 0 aliphatic rings. The van der Waals surface area contributed by atoms with Gasteiger partial charge in [0.15, 0.2) is 0 Å². The minimum absolute atomic E-state index is 0.0608. The molecule has 59 heavy (non-hydrogen) atoms. The predicted molar refractivity (Wildman–Crippen MR) is 251 cm³/mol. The van der Waals surface area contributed by atoms with Crippen molar-refractivity contribution in [1.29, 1.82) is 0 Å². The standard InChI is InChI=1S/C51H55N3O3.C2H6/c1-10-25-56-31-43(57-51(55)32(2)3)30-52-47-24-23-46(44-13-11-12-14-45(44)47)48(39-15-19-41(20-16-39)53-49-35(6)26-33(4)27-36(49)7)40-17-21-42(22-18-40)54-50-37(8)28-34(5)29-38(50)9;1-2/h10-24,26-29,43,48,52-54H,1-2,25,30-31H2,3-9H3;1-2H3. The maximum atomic E-state index is 12.5. The summed E-state index contributed by atoms with van der Waals surface area (Å²) in [6.45, 7) is 27.0. The van der Waals surface area contributed by atoms with E-state index in [1.54, 1.807) is 13.0 Å². The van der Waals surface area contributed by atoms with Crippen molar-refractivity contribution in [2.45, 2.75) is 74.3 Å². The Morgan fingerprint density at radius 1 is 0.678 bits per heavy atom. The first-order valence-electron chi connectivity index (χ1n) is 20.6. The van der Waals surface area contributed by atoms with Crippen LogP contribution < -0.4 is 16.0 Å². The van der Waals surface area contributed by atoms with E-state index in [0.717, 1.165) is 39.2 Å². The van der Waals surface area contributed by atoms with E-state index < -0.39 is 12.1 Å². The molecule has 0 fully saturated rings. The zero-order chi connectivity index (χ0) is 42.6. The molecular weight excluding hydrogens is 727 g/mol. The summed E-state index contributed by atoms with van der Waals surface area (Å²) < 4.78 is 11.4. The summed E-state index contributed by atoms with van der Waals surface area (Å²) in [5.74, 6) is -0.503.